The van der Waals surface area contributed by atoms with E-state index >= 15 is 0 Å². The molecular formula is C36H80O9Si4. The van der Waals surface area contributed by atoms with Crippen LogP contribution in [0.4, 0.5) is 0 Å². The molecule has 13 heteroatoms. The number of hydrogen-bond acceptors (Lipinski definition) is 9. The van der Waals surface area contributed by atoms with Crippen molar-refractivity contribution >= 4 is 33.3 Å². The Bertz CT molecular complexity index is 979. The zero-order valence-corrected chi connectivity index (χ0v) is 39.5. The van der Waals surface area contributed by atoms with Crippen molar-refractivity contribution in [2.75, 3.05) is 46.2 Å². The van der Waals surface area contributed by atoms with Crippen molar-refractivity contribution in [3.63, 3.8) is 0 Å². The predicted molar refractivity (Wildman–Crippen MR) is 213 cm³/mol. The summed E-state index contributed by atoms with van der Waals surface area (Å²) in [7, 11) is -9.35. The van der Waals surface area contributed by atoms with Crippen molar-refractivity contribution in [2.24, 2.45) is 0 Å². The van der Waals surface area contributed by atoms with E-state index in [-0.39, 0.29) is 26.8 Å². The maximum Gasteiger partial charge on any atom is 0.195 e. The average Bonchev–Trinajstić information content (AvgIpc) is 2.88. The standard InChI is InChI=1S/C36H80O9Si4/c1-33(2,3)46(13,14)42-29-28(27-40-26-25-39-24-23-38-22-21-37)41-32(45-49(19,20)36(10,11)12)31(44-48(17,18)35(7,8)9)30(29)43-47(15,16)34(4,5)6/h28-32,37H,21-27H2,1-20H3/t28-,29-,30+,31+,32?/m1/s1. The summed E-state index contributed by atoms with van der Waals surface area (Å²) in [5.74, 6) is 0. The maximum absolute atomic E-state index is 8.92. The van der Waals surface area contributed by atoms with Crippen LogP contribution in [0.25, 0.3) is 0 Å². The quantitative estimate of drug-likeness (QED) is 0.108. The second-order valence-corrected chi connectivity index (χ2v) is 39.0. The number of aliphatic hydroxyl groups is 1. The van der Waals surface area contributed by atoms with Crippen LogP contribution in [0.3, 0.4) is 0 Å². The summed E-state index contributed by atoms with van der Waals surface area (Å²) in [5, 5.41) is 8.79. The molecule has 0 bridgehead atoms. The van der Waals surface area contributed by atoms with Crippen molar-refractivity contribution in [3.8, 4) is 0 Å². The van der Waals surface area contributed by atoms with E-state index < -0.39 is 64.0 Å². The van der Waals surface area contributed by atoms with Gasteiger partial charge in [-0.3, -0.25) is 0 Å². The van der Waals surface area contributed by atoms with Crippen LogP contribution in [0.15, 0.2) is 0 Å². The lowest BCUT2D eigenvalue weighted by molar-refractivity contribution is -0.273. The molecule has 0 aliphatic carbocycles. The number of ether oxygens (including phenoxy) is 4. The second kappa shape index (κ2) is 17.8. The summed E-state index contributed by atoms with van der Waals surface area (Å²) in [4.78, 5) is 0. The van der Waals surface area contributed by atoms with Gasteiger partial charge in [0.25, 0.3) is 0 Å². The van der Waals surface area contributed by atoms with Crippen LogP contribution in [0.2, 0.25) is 72.5 Å². The molecule has 0 aromatic rings. The molecule has 5 atom stereocenters. The summed E-state index contributed by atoms with van der Waals surface area (Å²) in [6.07, 6.45) is -2.39. The number of hydrogen-bond donors (Lipinski definition) is 1. The summed E-state index contributed by atoms with van der Waals surface area (Å²) in [6.45, 7) is 47.9. The molecule has 9 nitrogen and oxygen atoms in total. The van der Waals surface area contributed by atoms with Gasteiger partial charge in [-0.2, -0.15) is 0 Å². The third-order valence-corrected chi connectivity index (χ3v) is 29.6. The summed E-state index contributed by atoms with van der Waals surface area (Å²) in [5.41, 5.74) is 0. The molecular weight excluding hydrogens is 689 g/mol. The van der Waals surface area contributed by atoms with Crippen LogP contribution < -0.4 is 0 Å². The fraction of sp³-hybridized carbons (Fsp3) is 1.00. The minimum absolute atomic E-state index is 0.00463. The van der Waals surface area contributed by atoms with Crippen LogP contribution in [0.1, 0.15) is 83.1 Å². The van der Waals surface area contributed by atoms with Crippen LogP contribution >= 0.6 is 0 Å². The van der Waals surface area contributed by atoms with Crippen molar-refractivity contribution in [3.05, 3.63) is 0 Å². The molecule has 0 aromatic carbocycles. The lowest BCUT2D eigenvalue weighted by atomic mass is 9.99. The Hall–Kier alpha value is 0.508. The molecule has 1 unspecified atom stereocenters. The second-order valence-electron chi connectivity index (χ2n) is 20.0. The molecule has 0 saturated carbocycles. The summed E-state index contributed by atoms with van der Waals surface area (Å²) >= 11 is 0. The van der Waals surface area contributed by atoms with Crippen molar-refractivity contribution < 1.29 is 41.8 Å². The first-order valence-electron chi connectivity index (χ1n) is 18.5. The van der Waals surface area contributed by atoms with Gasteiger partial charge in [0.1, 0.15) is 24.4 Å². The number of rotatable bonds is 18. The Kier molecular flexibility index (Phi) is 17.2. The first-order chi connectivity index (χ1) is 21.8. The molecule has 0 radical (unpaired) electrons. The van der Waals surface area contributed by atoms with E-state index in [2.05, 4.69) is 135 Å². The van der Waals surface area contributed by atoms with Crippen molar-refractivity contribution in [2.45, 2.75) is 186 Å². The molecule has 49 heavy (non-hydrogen) atoms. The fourth-order valence-electron chi connectivity index (χ4n) is 4.23. The number of aliphatic hydroxyl groups excluding tert-OH is 1. The van der Waals surface area contributed by atoms with Gasteiger partial charge in [-0.05, 0) is 72.5 Å². The van der Waals surface area contributed by atoms with E-state index in [4.69, 9.17) is 41.8 Å². The van der Waals surface area contributed by atoms with Crippen molar-refractivity contribution in [1.82, 2.24) is 0 Å². The molecule has 1 fully saturated rings. The minimum Gasteiger partial charge on any atom is -0.408 e. The third kappa shape index (κ3) is 13.7. The molecule has 294 valence electrons. The third-order valence-electron chi connectivity index (χ3n) is 11.8. The molecule has 0 spiro atoms. The lowest BCUT2D eigenvalue weighted by Crippen LogP contribution is -2.69. The molecule has 1 N–H and O–H groups in total. The van der Waals surface area contributed by atoms with Gasteiger partial charge in [-0.1, -0.05) is 83.1 Å². The topological polar surface area (TPSA) is 94.1 Å². The zero-order chi connectivity index (χ0) is 38.5. The Morgan fingerprint density at radius 1 is 0.449 bits per heavy atom. The normalized spacial score (nSPS) is 24.1. The van der Waals surface area contributed by atoms with E-state index in [1.807, 2.05) is 0 Å². The average molecular weight is 769 g/mol. The van der Waals surface area contributed by atoms with Crippen LogP contribution in [0.5, 0.6) is 0 Å². The highest BCUT2D eigenvalue weighted by molar-refractivity contribution is 6.75. The van der Waals surface area contributed by atoms with Gasteiger partial charge >= 0.3 is 0 Å². The van der Waals surface area contributed by atoms with Crippen LogP contribution in [-0.4, -0.2) is 115 Å². The van der Waals surface area contributed by atoms with Gasteiger partial charge in [0.05, 0.1) is 46.2 Å². The Morgan fingerprint density at radius 2 is 0.776 bits per heavy atom. The molecule has 1 aliphatic heterocycles. The van der Waals surface area contributed by atoms with E-state index in [1.165, 1.54) is 0 Å². The molecule has 1 rings (SSSR count). The zero-order valence-electron chi connectivity index (χ0n) is 35.5. The largest absolute Gasteiger partial charge is 0.408 e. The van der Waals surface area contributed by atoms with Crippen molar-refractivity contribution in [1.29, 1.82) is 0 Å². The first kappa shape index (κ1) is 47.5. The maximum atomic E-state index is 8.92. The van der Waals surface area contributed by atoms with E-state index in [0.717, 1.165) is 0 Å². The fourth-order valence-corrected chi connectivity index (χ4v) is 9.26. The molecule has 0 amide bonds. The predicted octanol–water partition coefficient (Wildman–Crippen LogP) is 8.95. The van der Waals surface area contributed by atoms with E-state index in [9.17, 15) is 0 Å². The van der Waals surface area contributed by atoms with Crippen LogP contribution in [-0.2, 0) is 36.7 Å². The first-order valence-corrected chi connectivity index (χ1v) is 30.2. The Balaban J connectivity index is 3.78. The van der Waals surface area contributed by atoms with Gasteiger partial charge in [-0.25, -0.2) is 0 Å². The SMILES string of the molecule is CC(C)(C)[Si](C)(C)OC1O[C@H](COCCOCCOCCO)[C@@H](O[Si](C)(C)C(C)(C)C)[C@H](O[Si](C)(C)C(C)(C)C)[C@@H]1O[Si](C)(C)C(C)(C)C. The van der Waals surface area contributed by atoms with Gasteiger partial charge in [-0.15, -0.1) is 0 Å². The van der Waals surface area contributed by atoms with Gasteiger partial charge in [0, 0.05) is 0 Å². The molecule has 1 saturated heterocycles. The highest BCUT2D eigenvalue weighted by Crippen LogP contribution is 2.47. The van der Waals surface area contributed by atoms with E-state index in [1.54, 1.807) is 0 Å². The van der Waals surface area contributed by atoms with E-state index in [0.29, 0.717) is 39.6 Å². The minimum atomic E-state index is -2.35. The Morgan fingerprint density at radius 3 is 1.16 bits per heavy atom. The van der Waals surface area contributed by atoms with Gasteiger partial charge < -0.3 is 41.8 Å². The Labute approximate surface area is 306 Å². The highest BCUT2D eigenvalue weighted by Gasteiger charge is 2.58. The lowest BCUT2D eigenvalue weighted by Gasteiger charge is -2.55. The smallest absolute Gasteiger partial charge is 0.195 e. The summed E-state index contributed by atoms with van der Waals surface area (Å²) < 4.78 is 54.0. The highest BCUT2D eigenvalue weighted by atomic mass is 28.4. The van der Waals surface area contributed by atoms with Gasteiger partial charge in [0.2, 0.25) is 0 Å². The summed E-state index contributed by atoms with van der Waals surface area (Å²) in [6, 6.07) is 0. The molecule has 1 heterocycles. The monoisotopic (exact) mass is 768 g/mol. The van der Waals surface area contributed by atoms with Crippen LogP contribution in [0, 0.1) is 0 Å². The van der Waals surface area contributed by atoms with Gasteiger partial charge in [0.15, 0.2) is 39.6 Å². The molecule has 0 aromatic heterocycles. The molecule has 1 aliphatic rings.